The predicted molar refractivity (Wildman–Crippen MR) is 92.4 cm³/mol. The lowest BCUT2D eigenvalue weighted by molar-refractivity contribution is 0.531. The molecule has 0 amide bonds. The lowest BCUT2D eigenvalue weighted by Crippen LogP contribution is -2.21. The first-order chi connectivity index (χ1) is 10.1. The lowest BCUT2D eigenvalue weighted by atomic mass is 9.97. The van der Waals surface area contributed by atoms with E-state index >= 15 is 0 Å². The molecule has 2 aromatic rings. The van der Waals surface area contributed by atoms with Crippen molar-refractivity contribution in [3.8, 4) is 0 Å². The highest BCUT2D eigenvalue weighted by Gasteiger charge is 2.11. The average Bonchev–Trinajstić information content (AvgIpc) is 2.50. The summed E-state index contributed by atoms with van der Waals surface area (Å²) in [6, 6.07) is 16.4. The van der Waals surface area contributed by atoms with E-state index in [2.05, 4.69) is 49.5 Å². The number of halogens is 2. The van der Waals surface area contributed by atoms with Gasteiger partial charge in [0.1, 0.15) is 0 Å². The van der Waals surface area contributed by atoms with Crippen LogP contribution in [-0.2, 0) is 0 Å². The van der Waals surface area contributed by atoms with E-state index in [1.165, 1.54) is 5.56 Å². The Kier molecular flexibility index (Phi) is 6.10. The van der Waals surface area contributed by atoms with Crippen molar-refractivity contribution >= 4 is 23.2 Å². The summed E-state index contributed by atoms with van der Waals surface area (Å²) in [4.78, 5) is 0. The minimum absolute atomic E-state index is 0.194. The van der Waals surface area contributed by atoms with Crippen LogP contribution in [0.2, 0.25) is 10.0 Å². The maximum atomic E-state index is 6.23. The van der Waals surface area contributed by atoms with Gasteiger partial charge >= 0.3 is 0 Å². The Bertz CT molecular complexity index is 569. The van der Waals surface area contributed by atoms with Crippen LogP contribution in [0.1, 0.15) is 43.4 Å². The van der Waals surface area contributed by atoms with Gasteiger partial charge in [-0.2, -0.15) is 0 Å². The Hall–Kier alpha value is -1.02. The van der Waals surface area contributed by atoms with Crippen LogP contribution < -0.4 is 5.32 Å². The van der Waals surface area contributed by atoms with Crippen LogP contribution in [0.5, 0.6) is 0 Å². The highest BCUT2D eigenvalue weighted by atomic mass is 35.5. The van der Waals surface area contributed by atoms with Crippen molar-refractivity contribution in [1.29, 1.82) is 0 Å². The molecule has 0 spiro atoms. The molecule has 0 radical (unpaired) electrons. The van der Waals surface area contributed by atoms with Crippen molar-refractivity contribution in [2.75, 3.05) is 6.54 Å². The molecule has 0 aliphatic heterocycles. The van der Waals surface area contributed by atoms with E-state index in [9.17, 15) is 0 Å². The third-order valence-electron chi connectivity index (χ3n) is 3.82. The van der Waals surface area contributed by atoms with E-state index < -0.39 is 0 Å². The topological polar surface area (TPSA) is 12.0 Å². The van der Waals surface area contributed by atoms with E-state index in [4.69, 9.17) is 23.2 Å². The first kappa shape index (κ1) is 16.4. The van der Waals surface area contributed by atoms with Crippen molar-refractivity contribution in [1.82, 2.24) is 5.32 Å². The van der Waals surface area contributed by atoms with Crippen LogP contribution in [0, 0.1) is 0 Å². The Labute approximate surface area is 137 Å². The third kappa shape index (κ3) is 4.74. The van der Waals surface area contributed by atoms with Crippen LogP contribution in [-0.4, -0.2) is 6.54 Å². The van der Waals surface area contributed by atoms with E-state index in [0.29, 0.717) is 5.92 Å². The minimum atomic E-state index is 0.194. The normalized spacial score (nSPS) is 13.9. The van der Waals surface area contributed by atoms with Crippen molar-refractivity contribution < 1.29 is 0 Å². The van der Waals surface area contributed by atoms with E-state index in [1.54, 1.807) is 0 Å². The zero-order valence-electron chi connectivity index (χ0n) is 12.4. The smallest absolute Gasteiger partial charge is 0.0454 e. The fraction of sp³-hybridized carbons (Fsp3) is 0.333. The van der Waals surface area contributed by atoms with E-state index in [1.807, 2.05) is 18.2 Å². The van der Waals surface area contributed by atoms with Crippen LogP contribution in [0.15, 0.2) is 48.5 Å². The van der Waals surface area contributed by atoms with Crippen LogP contribution in [0.25, 0.3) is 0 Å². The number of hydrogen-bond donors (Lipinski definition) is 1. The maximum Gasteiger partial charge on any atom is 0.0454 e. The molecule has 1 N–H and O–H groups in total. The largest absolute Gasteiger partial charge is 0.310 e. The van der Waals surface area contributed by atoms with Crippen LogP contribution >= 0.6 is 23.2 Å². The molecule has 2 atom stereocenters. The van der Waals surface area contributed by atoms with E-state index in [-0.39, 0.29) is 6.04 Å². The van der Waals surface area contributed by atoms with E-state index in [0.717, 1.165) is 28.6 Å². The monoisotopic (exact) mass is 321 g/mol. The van der Waals surface area contributed by atoms with Gasteiger partial charge in [-0.25, -0.2) is 0 Å². The van der Waals surface area contributed by atoms with Gasteiger partial charge in [-0.15, -0.1) is 0 Å². The number of hydrogen-bond acceptors (Lipinski definition) is 1. The molecule has 0 aliphatic rings. The molecule has 2 unspecified atom stereocenters. The molecule has 0 bridgehead atoms. The molecule has 21 heavy (non-hydrogen) atoms. The predicted octanol–water partition coefficient (Wildman–Crippen LogP) is 5.84. The molecular formula is C18H21Cl2N. The van der Waals surface area contributed by atoms with Gasteiger partial charge < -0.3 is 5.32 Å². The van der Waals surface area contributed by atoms with Crippen LogP contribution in [0.4, 0.5) is 0 Å². The fourth-order valence-corrected chi connectivity index (χ4v) is 2.88. The summed E-state index contributed by atoms with van der Waals surface area (Å²) in [5.74, 6) is 0.542. The Morgan fingerprint density at radius 2 is 1.71 bits per heavy atom. The molecule has 0 aromatic heterocycles. The lowest BCUT2D eigenvalue weighted by Gasteiger charge is -2.18. The van der Waals surface area contributed by atoms with Gasteiger partial charge in [-0.1, -0.05) is 60.5 Å². The standard InChI is InChI=1S/C18H21Cl2N/c1-13(15-6-4-3-5-7-15)10-11-21-14(2)17-12-16(19)8-9-18(17)20/h3-9,12-14,21H,10-11H2,1-2H3. The minimum Gasteiger partial charge on any atom is -0.310 e. The van der Waals surface area contributed by atoms with Crippen molar-refractivity contribution in [3.63, 3.8) is 0 Å². The summed E-state index contributed by atoms with van der Waals surface area (Å²) in [5.41, 5.74) is 2.43. The second kappa shape index (κ2) is 7.84. The molecule has 0 saturated heterocycles. The number of benzene rings is 2. The molecule has 3 heteroatoms. The Morgan fingerprint density at radius 3 is 2.43 bits per heavy atom. The maximum absolute atomic E-state index is 6.23. The van der Waals surface area contributed by atoms with Crippen molar-refractivity contribution in [3.05, 3.63) is 69.7 Å². The number of rotatable bonds is 6. The van der Waals surface area contributed by atoms with Crippen molar-refractivity contribution in [2.45, 2.75) is 32.2 Å². The zero-order chi connectivity index (χ0) is 15.2. The summed E-state index contributed by atoms with van der Waals surface area (Å²) in [6.07, 6.45) is 1.09. The quantitative estimate of drug-likeness (QED) is 0.704. The molecule has 0 fully saturated rings. The second-order valence-corrected chi connectivity index (χ2v) is 6.29. The summed E-state index contributed by atoms with van der Waals surface area (Å²) in [5, 5.41) is 5.01. The fourth-order valence-electron chi connectivity index (χ4n) is 2.42. The van der Waals surface area contributed by atoms with Gasteiger partial charge in [0, 0.05) is 16.1 Å². The highest BCUT2D eigenvalue weighted by molar-refractivity contribution is 6.33. The molecule has 112 valence electrons. The summed E-state index contributed by atoms with van der Waals surface area (Å²) >= 11 is 12.3. The third-order valence-corrected chi connectivity index (χ3v) is 4.40. The summed E-state index contributed by atoms with van der Waals surface area (Å²) in [7, 11) is 0. The highest BCUT2D eigenvalue weighted by Crippen LogP contribution is 2.26. The molecule has 0 heterocycles. The molecule has 1 nitrogen and oxygen atoms in total. The van der Waals surface area contributed by atoms with Gasteiger partial charge in [-0.3, -0.25) is 0 Å². The molecule has 0 aliphatic carbocycles. The van der Waals surface area contributed by atoms with Gasteiger partial charge in [0.2, 0.25) is 0 Å². The van der Waals surface area contributed by atoms with Gasteiger partial charge in [0.05, 0.1) is 0 Å². The summed E-state index contributed by atoms with van der Waals surface area (Å²) < 4.78 is 0. The Balaban J connectivity index is 1.87. The average molecular weight is 322 g/mol. The van der Waals surface area contributed by atoms with Gasteiger partial charge in [0.15, 0.2) is 0 Å². The Morgan fingerprint density at radius 1 is 1.00 bits per heavy atom. The van der Waals surface area contributed by atoms with Crippen molar-refractivity contribution in [2.24, 2.45) is 0 Å². The molecular weight excluding hydrogens is 301 g/mol. The molecule has 2 aromatic carbocycles. The first-order valence-corrected chi connectivity index (χ1v) is 8.07. The van der Waals surface area contributed by atoms with Gasteiger partial charge in [-0.05, 0) is 55.1 Å². The molecule has 0 saturated carbocycles. The summed E-state index contributed by atoms with van der Waals surface area (Å²) in [6.45, 7) is 5.32. The molecule has 2 rings (SSSR count). The van der Waals surface area contributed by atoms with Gasteiger partial charge in [0.25, 0.3) is 0 Å². The zero-order valence-corrected chi connectivity index (χ0v) is 14.0. The second-order valence-electron chi connectivity index (χ2n) is 5.44. The SMILES string of the molecule is CC(CCNC(C)c1cc(Cl)ccc1Cl)c1ccccc1. The number of nitrogens with one attached hydrogen (secondary N) is 1. The first-order valence-electron chi connectivity index (χ1n) is 7.31. The van der Waals surface area contributed by atoms with Crippen LogP contribution in [0.3, 0.4) is 0 Å².